The molecule has 0 aliphatic heterocycles. The number of anilines is 1. The minimum absolute atomic E-state index is 0.0689. The molecule has 0 saturated carbocycles. The van der Waals surface area contributed by atoms with Crippen LogP contribution in [0, 0.1) is 18.7 Å². The Bertz CT molecular complexity index is 840. The Morgan fingerprint density at radius 3 is 2.38 bits per heavy atom. The van der Waals surface area contributed by atoms with Crippen molar-refractivity contribution in [1.82, 2.24) is 5.32 Å². The number of carbonyl (C=O) groups excluding carboxylic acids is 2. The van der Waals surface area contributed by atoms with Crippen LogP contribution < -0.4 is 10.6 Å². The molecular formula is C19H19Cl2FN2O2. The number of rotatable bonds is 5. The molecule has 1 atom stereocenters. The molecule has 7 heteroatoms. The van der Waals surface area contributed by atoms with E-state index >= 15 is 0 Å². The van der Waals surface area contributed by atoms with Crippen molar-refractivity contribution in [1.29, 1.82) is 0 Å². The van der Waals surface area contributed by atoms with Crippen LogP contribution in [0.25, 0.3) is 0 Å². The van der Waals surface area contributed by atoms with Crippen LogP contribution in [0.4, 0.5) is 10.1 Å². The number of halogens is 3. The molecule has 0 aliphatic carbocycles. The molecular weight excluding hydrogens is 378 g/mol. The number of hydrogen-bond acceptors (Lipinski definition) is 2. The van der Waals surface area contributed by atoms with Crippen LogP contribution in [-0.4, -0.2) is 17.9 Å². The molecule has 0 bridgehead atoms. The van der Waals surface area contributed by atoms with Crippen molar-refractivity contribution in [2.24, 2.45) is 5.92 Å². The van der Waals surface area contributed by atoms with Crippen molar-refractivity contribution in [2.75, 3.05) is 5.32 Å². The molecule has 0 saturated heterocycles. The lowest BCUT2D eigenvalue weighted by Crippen LogP contribution is -2.47. The molecule has 2 amide bonds. The van der Waals surface area contributed by atoms with Crippen LogP contribution in [0.3, 0.4) is 0 Å². The fourth-order valence-corrected chi connectivity index (χ4v) is 2.87. The van der Waals surface area contributed by atoms with Gasteiger partial charge in [-0.15, -0.1) is 0 Å². The van der Waals surface area contributed by atoms with E-state index in [0.717, 1.165) is 5.56 Å². The maximum absolute atomic E-state index is 13.9. The highest BCUT2D eigenvalue weighted by molar-refractivity contribution is 6.36. The maximum Gasteiger partial charge on any atom is 0.253 e. The van der Waals surface area contributed by atoms with Gasteiger partial charge in [-0.2, -0.15) is 0 Å². The molecule has 0 unspecified atom stereocenters. The Morgan fingerprint density at radius 2 is 1.77 bits per heavy atom. The van der Waals surface area contributed by atoms with Crippen LogP contribution in [0.5, 0.6) is 0 Å². The lowest BCUT2D eigenvalue weighted by atomic mass is 10.0. The van der Waals surface area contributed by atoms with E-state index in [-0.39, 0.29) is 22.2 Å². The molecule has 2 aromatic carbocycles. The van der Waals surface area contributed by atoms with Crippen molar-refractivity contribution in [3.05, 3.63) is 63.4 Å². The van der Waals surface area contributed by atoms with Gasteiger partial charge in [-0.05, 0) is 48.7 Å². The van der Waals surface area contributed by atoms with E-state index in [1.54, 1.807) is 26.8 Å². The zero-order valence-corrected chi connectivity index (χ0v) is 16.1. The summed E-state index contributed by atoms with van der Waals surface area (Å²) >= 11 is 11.9. The van der Waals surface area contributed by atoms with Crippen molar-refractivity contribution < 1.29 is 14.0 Å². The number of aryl methyl sites for hydroxylation is 1. The van der Waals surface area contributed by atoms with E-state index in [2.05, 4.69) is 10.6 Å². The van der Waals surface area contributed by atoms with Crippen LogP contribution in [0.1, 0.15) is 29.8 Å². The molecule has 0 radical (unpaired) electrons. The minimum atomic E-state index is -0.867. The van der Waals surface area contributed by atoms with Crippen LogP contribution in [-0.2, 0) is 4.79 Å². The molecule has 2 rings (SSSR count). The summed E-state index contributed by atoms with van der Waals surface area (Å²) in [4.78, 5) is 25.1. The number of carbonyl (C=O) groups is 2. The minimum Gasteiger partial charge on any atom is -0.340 e. The standard InChI is InChI=1S/C19H19Cl2FN2O2/c1-10(2)17(19(26)23-16-8-11(3)4-7-15(16)22)24-18(25)13-6-5-12(20)9-14(13)21/h4-10,17H,1-3H3,(H,23,26)(H,24,25)/t17-/m0/s1. The van der Waals surface area contributed by atoms with E-state index < -0.39 is 23.7 Å². The summed E-state index contributed by atoms with van der Waals surface area (Å²) < 4.78 is 13.9. The van der Waals surface area contributed by atoms with Crippen molar-refractivity contribution in [2.45, 2.75) is 26.8 Å². The van der Waals surface area contributed by atoms with Gasteiger partial charge in [0.25, 0.3) is 5.91 Å². The SMILES string of the molecule is Cc1ccc(F)c(NC(=O)[C@@H](NC(=O)c2ccc(Cl)cc2Cl)C(C)C)c1. The van der Waals surface area contributed by atoms with Crippen LogP contribution >= 0.6 is 23.2 Å². The second kappa shape index (κ2) is 8.52. The lowest BCUT2D eigenvalue weighted by molar-refractivity contribution is -0.118. The summed E-state index contributed by atoms with van der Waals surface area (Å²) in [7, 11) is 0. The third-order valence-electron chi connectivity index (χ3n) is 3.79. The van der Waals surface area contributed by atoms with E-state index in [9.17, 15) is 14.0 Å². The molecule has 138 valence electrons. The van der Waals surface area contributed by atoms with Gasteiger partial charge >= 0.3 is 0 Å². The second-order valence-corrected chi connectivity index (χ2v) is 7.14. The van der Waals surface area contributed by atoms with Gasteiger partial charge in [-0.25, -0.2) is 4.39 Å². The molecule has 2 aromatic rings. The fraction of sp³-hybridized carbons (Fsp3) is 0.263. The highest BCUT2D eigenvalue weighted by Crippen LogP contribution is 2.22. The summed E-state index contributed by atoms with van der Waals surface area (Å²) in [6.07, 6.45) is 0. The topological polar surface area (TPSA) is 58.2 Å². The van der Waals surface area contributed by atoms with E-state index in [4.69, 9.17) is 23.2 Å². The Morgan fingerprint density at radius 1 is 1.08 bits per heavy atom. The Balaban J connectivity index is 2.18. The highest BCUT2D eigenvalue weighted by atomic mass is 35.5. The summed E-state index contributed by atoms with van der Waals surface area (Å²) in [5.74, 6) is -1.79. The first-order valence-electron chi connectivity index (χ1n) is 8.02. The molecule has 0 aliphatic rings. The van der Waals surface area contributed by atoms with Gasteiger partial charge in [-0.3, -0.25) is 9.59 Å². The number of hydrogen-bond donors (Lipinski definition) is 2. The number of benzene rings is 2. The Kier molecular flexibility index (Phi) is 6.62. The van der Waals surface area contributed by atoms with E-state index in [1.807, 2.05) is 0 Å². The molecule has 0 spiro atoms. The van der Waals surface area contributed by atoms with Gasteiger partial charge in [0.2, 0.25) is 5.91 Å². The summed E-state index contributed by atoms with van der Waals surface area (Å²) in [6.45, 7) is 5.35. The average molecular weight is 397 g/mol. The molecule has 4 nitrogen and oxygen atoms in total. The number of nitrogens with one attached hydrogen (secondary N) is 2. The van der Waals surface area contributed by atoms with Crippen molar-refractivity contribution in [3.63, 3.8) is 0 Å². The molecule has 2 N–H and O–H groups in total. The summed E-state index contributed by atoms with van der Waals surface area (Å²) in [5, 5.41) is 5.76. The first-order valence-corrected chi connectivity index (χ1v) is 8.77. The van der Waals surface area contributed by atoms with E-state index in [1.165, 1.54) is 30.3 Å². The first kappa shape index (κ1) is 20.2. The van der Waals surface area contributed by atoms with Crippen LogP contribution in [0.15, 0.2) is 36.4 Å². The largest absolute Gasteiger partial charge is 0.340 e. The zero-order valence-electron chi connectivity index (χ0n) is 14.6. The Hall–Kier alpha value is -2.11. The van der Waals surface area contributed by atoms with Gasteiger partial charge in [0.05, 0.1) is 16.3 Å². The van der Waals surface area contributed by atoms with Crippen LogP contribution in [0.2, 0.25) is 10.0 Å². The first-order chi connectivity index (χ1) is 12.2. The van der Waals surface area contributed by atoms with Gasteiger partial charge in [0, 0.05) is 5.02 Å². The molecule has 26 heavy (non-hydrogen) atoms. The van der Waals surface area contributed by atoms with Crippen molar-refractivity contribution in [3.8, 4) is 0 Å². The monoisotopic (exact) mass is 396 g/mol. The second-order valence-electron chi connectivity index (χ2n) is 6.29. The predicted octanol–water partition coefficient (Wildman–Crippen LogP) is 4.83. The molecule has 0 aromatic heterocycles. The highest BCUT2D eigenvalue weighted by Gasteiger charge is 2.26. The summed E-state index contributed by atoms with van der Waals surface area (Å²) in [6, 6.07) is 8.02. The summed E-state index contributed by atoms with van der Waals surface area (Å²) in [5.41, 5.74) is 1.08. The Labute approximate surface area is 161 Å². The molecule has 0 fully saturated rings. The quantitative estimate of drug-likeness (QED) is 0.759. The fourth-order valence-electron chi connectivity index (χ4n) is 2.37. The lowest BCUT2D eigenvalue weighted by Gasteiger charge is -2.22. The maximum atomic E-state index is 13.9. The van der Waals surface area contributed by atoms with Crippen molar-refractivity contribution >= 4 is 40.7 Å². The third kappa shape index (κ3) is 4.96. The zero-order chi connectivity index (χ0) is 19.4. The van der Waals surface area contributed by atoms with Gasteiger partial charge in [-0.1, -0.05) is 43.1 Å². The average Bonchev–Trinajstić information content (AvgIpc) is 2.55. The normalized spacial score (nSPS) is 12.0. The van der Waals surface area contributed by atoms with Gasteiger partial charge in [0.1, 0.15) is 11.9 Å². The molecule has 0 heterocycles. The van der Waals surface area contributed by atoms with E-state index in [0.29, 0.717) is 5.02 Å². The van der Waals surface area contributed by atoms with Gasteiger partial charge < -0.3 is 10.6 Å². The van der Waals surface area contributed by atoms with Gasteiger partial charge in [0.15, 0.2) is 0 Å². The smallest absolute Gasteiger partial charge is 0.253 e. The third-order valence-corrected chi connectivity index (χ3v) is 4.34. The number of amides is 2. The predicted molar refractivity (Wildman–Crippen MR) is 102 cm³/mol.